The van der Waals surface area contributed by atoms with E-state index < -0.39 is 0 Å². The van der Waals surface area contributed by atoms with E-state index in [0.717, 1.165) is 28.3 Å². The van der Waals surface area contributed by atoms with Crippen LogP contribution in [0.15, 0.2) is 72.8 Å². The van der Waals surface area contributed by atoms with Crippen molar-refractivity contribution in [1.29, 1.82) is 0 Å². The highest BCUT2D eigenvalue weighted by Crippen LogP contribution is 2.34. The Balaban J connectivity index is 1.47. The number of Topliss-reactive ketones (excluding diaryl/α,β-unsaturated/α-hetero) is 1. The van der Waals surface area contributed by atoms with Crippen molar-refractivity contribution in [3.8, 4) is 5.75 Å². The van der Waals surface area contributed by atoms with Crippen LogP contribution in [-0.4, -0.2) is 34.9 Å². The second kappa shape index (κ2) is 8.71. The number of fused-ring (bicyclic) bond motifs is 1. The Kier molecular flexibility index (Phi) is 5.60. The summed E-state index contributed by atoms with van der Waals surface area (Å²) in [5.41, 5.74) is 3.10. The van der Waals surface area contributed by atoms with Gasteiger partial charge in [-0.3, -0.25) is 9.59 Å². The van der Waals surface area contributed by atoms with Gasteiger partial charge in [-0.2, -0.15) is 0 Å². The predicted molar refractivity (Wildman–Crippen MR) is 128 cm³/mol. The molecule has 166 valence electrons. The summed E-state index contributed by atoms with van der Waals surface area (Å²) in [5.74, 6) is 1.37. The van der Waals surface area contributed by atoms with Crippen LogP contribution in [0.25, 0.3) is 11.0 Å². The molecule has 0 saturated carbocycles. The molecule has 1 amide bonds. The Morgan fingerprint density at radius 1 is 1.06 bits per heavy atom. The predicted octanol–water partition coefficient (Wildman–Crippen LogP) is 5.10. The van der Waals surface area contributed by atoms with Crippen molar-refractivity contribution in [1.82, 2.24) is 9.55 Å². The van der Waals surface area contributed by atoms with E-state index in [2.05, 4.69) is 0 Å². The van der Waals surface area contributed by atoms with Crippen molar-refractivity contribution >= 4 is 40.0 Å². The van der Waals surface area contributed by atoms with Crippen LogP contribution in [0.1, 0.15) is 28.5 Å². The van der Waals surface area contributed by atoms with E-state index in [9.17, 15) is 9.59 Å². The standard InChI is InChI=1S/C26H22ClN3O3/c1-33-21-12-10-20(11-13-21)29-15-18(14-25(29)32)26-28-22-4-2-3-5-23(22)30(26)16-24(31)17-6-8-19(27)9-7-17/h2-13,18H,14-16H2,1H3. The average Bonchev–Trinajstić information content (AvgIpc) is 3.40. The van der Waals surface area contributed by atoms with Gasteiger partial charge in [0.1, 0.15) is 11.6 Å². The third kappa shape index (κ3) is 4.10. The highest BCUT2D eigenvalue weighted by atomic mass is 35.5. The topological polar surface area (TPSA) is 64.4 Å². The Hall–Kier alpha value is -3.64. The molecule has 6 nitrogen and oxygen atoms in total. The highest BCUT2D eigenvalue weighted by molar-refractivity contribution is 6.30. The van der Waals surface area contributed by atoms with Crippen molar-refractivity contribution < 1.29 is 14.3 Å². The van der Waals surface area contributed by atoms with Crippen LogP contribution in [0, 0.1) is 0 Å². The van der Waals surface area contributed by atoms with Crippen LogP contribution in [0.3, 0.4) is 0 Å². The van der Waals surface area contributed by atoms with Gasteiger partial charge >= 0.3 is 0 Å². The number of imidazole rings is 1. The van der Waals surface area contributed by atoms with E-state index >= 15 is 0 Å². The smallest absolute Gasteiger partial charge is 0.227 e. The van der Waals surface area contributed by atoms with Crippen LogP contribution in [-0.2, 0) is 11.3 Å². The second-order valence-electron chi connectivity index (χ2n) is 8.08. The Morgan fingerprint density at radius 2 is 1.79 bits per heavy atom. The number of hydrogen-bond donors (Lipinski definition) is 0. The minimum absolute atomic E-state index is 0.0348. The van der Waals surface area contributed by atoms with Gasteiger partial charge in [-0.15, -0.1) is 0 Å². The van der Waals surface area contributed by atoms with E-state index in [1.54, 1.807) is 36.3 Å². The van der Waals surface area contributed by atoms with E-state index in [1.807, 2.05) is 53.1 Å². The van der Waals surface area contributed by atoms with Crippen molar-refractivity contribution in [3.63, 3.8) is 0 Å². The summed E-state index contributed by atoms with van der Waals surface area (Å²) in [7, 11) is 1.61. The number of carbonyl (C=O) groups excluding carboxylic acids is 2. The molecule has 0 radical (unpaired) electrons. The molecule has 3 aromatic carbocycles. The molecule has 0 N–H and O–H groups in total. The summed E-state index contributed by atoms with van der Waals surface area (Å²) in [6.07, 6.45) is 0.338. The molecule has 4 aromatic rings. The summed E-state index contributed by atoms with van der Waals surface area (Å²) >= 11 is 5.97. The monoisotopic (exact) mass is 459 g/mol. The molecule has 0 aliphatic carbocycles. The van der Waals surface area contributed by atoms with Crippen LogP contribution in [0.4, 0.5) is 5.69 Å². The number of rotatable bonds is 6. The van der Waals surface area contributed by atoms with Gasteiger partial charge in [-0.25, -0.2) is 4.98 Å². The molecule has 5 rings (SSSR count). The van der Waals surface area contributed by atoms with Gasteiger partial charge in [-0.05, 0) is 60.7 Å². The molecule has 1 aromatic heterocycles. The highest BCUT2D eigenvalue weighted by Gasteiger charge is 2.35. The fourth-order valence-corrected chi connectivity index (χ4v) is 4.46. The molecule has 2 heterocycles. The first kappa shape index (κ1) is 21.2. The zero-order valence-electron chi connectivity index (χ0n) is 18.1. The number of halogens is 1. The number of ether oxygens (including phenoxy) is 1. The Morgan fingerprint density at radius 3 is 2.52 bits per heavy atom. The molecule has 1 aliphatic rings. The van der Waals surface area contributed by atoms with Crippen molar-refractivity contribution in [2.24, 2.45) is 0 Å². The number of methoxy groups -OCH3 is 1. The number of benzene rings is 3. The van der Waals surface area contributed by atoms with Crippen LogP contribution >= 0.6 is 11.6 Å². The lowest BCUT2D eigenvalue weighted by Crippen LogP contribution is -2.24. The first-order valence-electron chi connectivity index (χ1n) is 10.7. The molecule has 0 bridgehead atoms. The largest absolute Gasteiger partial charge is 0.497 e. The van der Waals surface area contributed by atoms with Crippen LogP contribution in [0.5, 0.6) is 5.75 Å². The minimum atomic E-state index is -0.120. The molecule has 33 heavy (non-hydrogen) atoms. The van der Waals surface area contributed by atoms with E-state index in [-0.39, 0.29) is 24.2 Å². The van der Waals surface area contributed by atoms with Gasteiger partial charge in [0.25, 0.3) is 0 Å². The molecule has 0 spiro atoms. The molecule has 1 fully saturated rings. The van der Waals surface area contributed by atoms with Gasteiger partial charge in [-0.1, -0.05) is 23.7 Å². The Bertz CT molecular complexity index is 1330. The average molecular weight is 460 g/mol. The quantitative estimate of drug-likeness (QED) is 0.376. The molecule has 1 aliphatic heterocycles. The molecule has 1 saturated heterocycles. The number of nitrogens with zero attached hydrogens (tertiary/aromatic N) is 3. The molecule has 1 atom stereocenters. The summed E-state index contributed by atoms with van der Waals surface area (Å²) in [4.78, 5) is 32.6. The van der Waals surface area contributed by atoms with Gasteiger partial charge < -0.3 is 14.2 Å². The van der Waals surface area contributed by atoms with Gasteiger partial charge in [0.15, 0.2) is 5.78 Å². The number of aromatic nitrogens is 2. The lowest BCUT2D eigenvalue weighted by atomic mass is 10.1. The van der Waals surface area contributed by atoms with Crippen molar-refractivity contribution in [3.05, 3.63) is 89.2 Å². The molecular formula is C26H22ClN3O3. The van der Waals surface area contributed by atoms with E-state index in [0.29, 0.717) is 23.6 Å². The number of hydrogen-bond acceptors (Lipinski definition) is 4. The number of anilines is 1. The summed E-state index contributed by atoms with van der Waals surface area (Å²) < 4.78 is 7.17. The van der Waals surface area contributed by atoms with E-state index in [1.165, 1.54) is 0 Å². The normalized spacial score (nSPS) is 15.9. The molecule has 1 unspecified atom stereocenters. The third-order valence-corrected chi connectivity index (χ3v) is 6.28. The third-order valence-electron chi connectivity index (χ3n) is 6.03. The fraction of sp³-hybridized carbons (Fsp3) is 0.192. The SMILES string of the molecule is COc1ccc(N2CC(c3nc4ccccc4n3CC(=O)c3ccc(Cl)cc3)CC2=O)cc1. The zero-order chi connectivity index (χ0) is 22.9. The summed E-state index contributed by atoms with van der Waals surface area (Å²) in [6, 6.07) is 22.1. The van der Waals surface area contributed by atoms with Crippen LogP contribution in [0.2, 0.25) is 5.02 Å². The number of para-hydroxylation sites is 2. The van der Waals surface area contributed by atoms with E-state index in [4.69, 9.17) is 21.3 Å². The Labute approximate surface area is 196 Å². The first-order chi connectivity index (χ1) is 16.0. The molecular weight excluding hydrogens is 438 g/mol. The van der Waals surface area contributed by atoms with Gasteiger partial charge in [0.05, 0.1) is 24.7 Å². The minimum Gasteiger partial charge on any atom is -0.497 e. The maximum atomic E-state index is 13.1. The van der Waals surface area contributed by atoms with Crippen molar-refractivity contribution in [2.45, 2.75) is 18.9 Å². The van der Waals surface area contributed by atoms with Gasteiger partial charge in [0, 0.05) is 35.2 Å². The summed E-state index contributed by atoms with van der Waals surface area (Å²) in [5, 5.41) is 0.586. The lowest BCUT2D eigenvalue weighted by Gasteiger charge is -2.17. The maximum absolute atomic E-state index is 13.1. The first-order valence-corrected chi connectivity index (χ1v) is 11.1. The number of carbonyl (C=O) groups is 2. The van der Waals surface area contributed by atoms with Crippen molar-refractivity contribution in [2.75, 3.05) is 18.6 Å². The number of amides is 1. The van der Waals surface area contributed by atoms with Crippen LogP contribution < -0.4 is 9.64 Å². The van der Waals surface area contributed by atoms with Gasteiger partial charge in [0.2, 0.25) is 5.91 Å². The number of ketones is 1. The lowest BCUT2D eigenvalue weighted by molar-refractivity contribution is -0.117. The molecule has 7 heteroatoms. The maximum Gasteiger partial charge on any atom is 0.227 e. The second-order valence-corrected chi connectivity index (χ2v) is 8.51. The summed E-state index contributed by atoms with van der Waals surface area (Å²) in [6.45, 7) is 0.647. The fourth-order valence-electron chi connectivity index (χ4n) is 4.33. The zero-order valence-corrected chi connectivity index (χ0v) is 18.8.